The van der Waals surface area contributed by atoms with Crippen LogP contribution in [0.5, 0.6) is 5.88 Å². The molecule has 1 aliphatic rings. The number of nitrogens with zero attached hydrogens (tertiary/aromatic N) is 1. The standard InChI is InChI=1S/C9H9ClFNO2/c10-2-6-1-7(11)3-12-9(6)14-8-4-13-5-8/h1,3,8H,2,4-5H2. The molecule has 76 valence electrons. The number of rotatable bonds is 3. The molecular formula is C9H9ClFNO2. The highest BCUT2D eigenvalue weighted by Crippen LogP contribution is 2.21. The highest BCUT2D eigenvalue weighted by Gasteiger charge is 2.21. The molecule has 0 spiro atoms. The topological polar surface area (TPSA) is 31.4 Å². The fraction of sp³-hybridized carbons (Fsp3) is 0.444. The van der Waals surface area contributed by atoms with Gasteiger partial charge in [-0.05, 0) is 6.07 Å². The van der Waals surface area contributed by atoms with Crippen molar-refractivity contribution < 1.29 is 13.9 Å². The minimum absolute atomic E-state index is 0.0231. The van der Waals surface area contributed by atoms with Crippen LogP contribution >= 0.6 is 11.6 Å². The second kappa shape index (κ2) is 4.11. The Morgan fingerprint density at radius 3 is 3.00 bits per heavy atom. The van der Waals surface area contributed by atoms with Crippen molar-refractivity contribution in [3.8, 4) is 5.88 Å². The molecule has 1 aromatic rings. The van der Waals surface area contributed by atoms with E-state index < -0.39 is 5.82 Å². The number of pyridine rings is 1. The maximum absolute atomic E-state index is 12.8. The molecule has 0 amide bonds. The number of ether oxygens (including phenoxy) is 2. The lowest BCUT2D eigenvalue weighted by molar-refractivity contribution is -0.0816. The summed E-state index contributed by atoms with van der Waals surface area (Å²) in [6.45, 7) is 1.11. The second-order valence-corrected chi connectivity index (χ2v) is 3.30. The van der Waals surface area contributed by atoms with Gasteiger partial charge in [0.2, 0.25) is 5.88 Å². The van der Waals surface area contributed by atoms with Crippen molar-refractivity contribution >= 4 is 11.6 Å². The molecule has 2 rings (SSSR count). The first-order valence-corrected chi connectivity index (χ1v) is 4.78. The van der Waals surface area contributed by atoms with E-state index in [2.05, 4.69) is 4.98 Å². The largest absolute Gasteiger partial charge is 0.469 e. The number of aromatic nitrogens is 1. The Morgan fingerprint density at radius 2 is 2.43 bits per heavy atom. The zero-order valence-corrected chi connectivity index (χ0v) is 8.13. The highest BCUT2D eigenvalue weighted by molar-refractivity contribution is 6.17. The summed E-state index contributed by atoms with van der Waals surface area (Å²) in [6.07, 6.45) is 1.14. The van der Waals surface area contributed by atoms with E-state index in [0.29, 0.717) is 24.7 Å². The van der Waals surface area contributed by atoms with Crippen LogP contribution in [0, 0.1) is 5.82 Å². The van der Waals surface area contributed by atoms with Gasteiger partial charge in [-0.15, -0.1) is 11.6 Å². The first kappa shape index (κ1) is 9.68. The van der Waals surface area contributed by atoms with Gasteiger partial charge >= 0.3 is 0 Å². The molecular weight excluding hydrogens is 209 g/mol. The quantitative estimate of drug-likeness (QED) is 0.723. The fourth-order valence-corrected chi connectivity index (χ4v) is 1.30. The summed E-state index contributed by atoms with van der Waals surface area (Å²) in [6, 6.07) is 1.33. The molecule has 5 heteroatoms. The average molecular weight is 218 g/mol. The lowest BCUT2D eigenvalue weighted by atomic mass is 10.3. The molecule has 1 fully saturated rings. The lowest BCUT2D eigenvalue weighted by Crippen LogP contribution is -2.39. The summed E-state index contributed by atoms with van der Waals surface area (Å²) in [5, 5.41) is 0. The number of hydrogen-bond donors (Lipinski definition) is 0. The van der Waals surface area contributed by atoms with Crippen LogP contribution in [0.1, 0.15) is 5.56 Å². The smallest absolute Gasteiger partial charge is 0.218 e. The Balaban J connectivity index is 2.14. The third-order valence-corrected chi connectivity index (χ3v) is 2.21. The van der Waals surface area contributed by atoms with E-state index in [0.717, 1.165) is 6.20 Å². The molecule has 0 N–H and O–H groups in total. The molecule has 2 heterocycles. The molecule has 0 unspecified atom stereocenters. The molecule has 1 saturated heterocycles. The maximum Gasteiger partial charge on any atom is 0.218 e. The summed E-state index contributed by atoms with van der Waals surface area (Å²) in [7, 11) is 0. The van der Waals surface area contributed by atoms with Gasteiger partial charge in [0.25, 0.3) is 0 Å². The molecule has 3 nitrogen and oxygen atoms in total. The van der Waals surface area contributed by atoms with Crippen molar-refractivity contribution in [2.75, 3.05) is 13.2 Å². The van der Waals surface area contributed by atoms with E-state index in [1.807, 2.05) is 0 Å². The highest BCUT2D eigenvalue weighted by atomic mass is 35.5. The fourth-order valence-electron chi connectivity index (χ4n) is 1.11. The van der Waals surface area contributed by atoms with E-state index in [1.54, 1.807) is 0 Å². The predicted molar refractivity (Wildman–Crippen MR) is 49.0 cm³/mol. The minimum atomic E-state index is -0.405. The Labute approximate surface area is 85.8 Å². The van der Waals surface area contributed by atoms with Crippen LogP contribution in [-0.2, 0) is 10.6 Å². The molecule has 0 saturated carbocycles. The van der Waals surface area contributed by atoms with Gasteiger partial charge < -0.3 is 9.47 Å². The first-order valence-electron chi connectivity index (χ1n) is 4.24. The summed E-state index contributed by atoms with van der Waals surface area (Å²) in [5.41, 5.74) is 0.568. The Morgan fingerprint density at radius 1 is 1.64 bits per heavy atom. The molecule has 0 bridgehead atoms. The number of halogens is 2. The third-order valence-electron chi connectivity index (χ3n) is 1.92. The van der Waals surface area contributed by atoms with Crippen molar-refractivity contribution in [2.24, 2.45) is 0 Å². The molecule has 0 aliphatic carbocycles. The minimum Gasteiger partial charge on any atom is -0.469 e. The summed E-state index contributed by atoms with van der Waals surface area (Å²) in [4.78, 5) is 3.83. The van der Waals surface area contributed by atoms with Crippen molar-refractivity contribution in [3.05, 3.63) is 23.6 Å². The second-order valence-electron chi connectivity index (χ2n) is 3.03. The van der Waals surface area contributed by atoms with E-state index in [9.17, 15) is 4.39 Å². The van der Waals surface area contributed by atoms with Crippen LogP contribution in [0.4, 0.5) is 4.39 Å². The average Bonchev–Trinajstić information content (AvgIpc) is 2.13. The summed E-state index contributed by atoms with van der Waals surface area (Å²) in [5.74, 6) is 0.181. The lowest BCUT2D eigenvalue weighted by Gasteiger charge is -2.26. The van der Waals surface area contributed by atoms with E-state index >= 15 is 0 Å². The van der Waals surface area contributed by atoms with E-state index in [1.165, 1.54) is 6.07 Å². The number of alkyl halides is 1. The normalized spacial score (nSPS) is 16.4. The van der Waals surface area contributed by atoms with Crippen LogP contribution in [0.2, 0.25) is 0 Å². The van der Waals surface area contributed by atoms with Crippen molar-refractivity contribution in [1.29, 1.82) is 0 Å². The Hall–Kier alpha value is -0.870. The van der Waals surface area contributed by atoms with Crippen molar-refractivity contribution in [2.45, 2.75) is 12.0 Å². The zero-order valence-electron chi connectivity index (χ0n) is 7.37. The molecule has 14 heavy (non-hydrogen) atoms. The van der Waals surface area contributed by atoms with Gasteiger partial charge in [0.15, 0.2) is 0 Å². The van der Waals surface area contributed by atoms with Gasteiger partial charge in [0, 0.05) is 5.56 Å². The first-order chi connectivity index (χ1) is 6.79. The van der Waals surface area contributed by atoms with Gasteiger partial charge in [-0.3, -0.25) is 0 Å². The number of hydrogen-bond acceptors (Lipinski definition) is 3. The Kier molecular flexibility index (Phi) is 2.84. The molecule has 0 atom stereocenters. The molecule has 1 aromatic heterocycles. The summed E-state index contributed by atoms with van der Waals surface area (Å²) >= 11 is 5.63. The monoisotopic (exact) mass is 217 g/mol. The molecule has 1 aliphatic heterocycles. The summed E-state index contributed by atoms with van der Waals surface area (Å²) < 4.78 is 23.2. The van der Waals surface area contributed by atoms with Crippen molar-refractivity contribution in [1.82, 2.24) is 4.98 Å². The maximum atomic E-state index is 12.8. The third kappa shape index (κ3) is 1.96. The van der Waals surface area contributed by atoms with Gasteiger partial charge in [-0.2, -0.15) is 0 Å². The Bertz CT molecular complexity index is 331. The van der Waals surface area contributed by atoms with E-state index in [4.69, 9.17) is 21.1 Å². The van der Waals surface area contributed by atoms with Gasteiger partial charge in [0.1, 0.15) is 11.9 Å². The zero-order chi connectivity index (χ0) is 9.97. The van der Waals surface area contributed by atoms with Crippen LogP contribution < -0.4 is 4.74 Å². The molecule has 0 aromatic carbocycles. The van der Waals surface area contributed by atoms with Gasteiger partial charge in [-0.1, -0.05) is 0 Å². The SMILES string of the molecule is Fc1cnc(OC2COC2)c(CCl)c1. The van der Waals surface area contributed by atoms with Crippen LogP contribution in [0.25, 0.3) is 0 Å². The van der Waals surface area contributed by atoms with Gasteiger partial charge in [0.05, 0.1) is 25.3 Å². The van der Waals surface area contributed by atoms with Crippen LogP contribution in [-0.4, -0.2) is 24.3 Å². The van der Waals surface area contributed by atoms with E-state index in [-0.39, 0.29) is 12.0 Å². The molecule has 0 radical (unpaired) electrons. The van der Waals surface area contributed by atoms with Crippen LogP contribution in [0.15, 0.2) is 12.3 Å². The van der Waals surface area contributed by atoms with Crippen LogP contribution in [0.3, 0.4) is 0 Å². The predicted octanol–water partition coefficient (Wildman–Crippen LogP) is 1.74. The van der Waals surface area contributed by atoms with Crippen molar-refractivity contribution in [3.63, 3.8) is 0 Å². The van der Waals surface area contributed by atoms with Gasteiger partial charge in [-0.25, -0.2) is 9.37 Å².